The molecule has 2 unspecified atom stereocenters. The number of β-amino-alcohol motifs (C(OH)–C–C–N with tert-alkyl or cyclic N) is 1. The van der Waals surface area contributed by atoms with Crippen molar-refractivity contribution < 1.29 is 27.7 Å². The van der Waals surface area contributed by atoms with Gasteiger partial charge >= 0.3 is 0 Å². The molecule has 144 valence electrons. The highest BCUT2D eigenvalue weighted by atomic mass is 32.2. The van der Waals surface area contributed by atoms with Gasteiger partial charge in [0.25, 0.3) is 0 Å². The lowest BCUT2D eigenvalue weighted by Crippen LogP contribution is -2.32. The minimum Gasteiger partial charge on any atom is -0.497 e. The quantitative estimate of drug-likeness (QED) is 0.860. The number of benzene rings is 2. The topological polar surface area (TPSA) is 85.3 Å². The second-order valence-electron chi connectivity index (χ2n) is 6.73. The van der Waals surface area contributed by atoms with Crippen molar-refractivity contribution in [1.29, 1.82) is 0 Å². The number of nitrogens with zero attached hydrogens (tertiary/aromatic N) is 1. The molecule has 2 aromatic rings. The minimum absolute atomic E-state index is 0.0398. The predicted molar refractivity (Wildman–Crippen MR) is 97.6 cm³/mol. The second-order valence-corrected chi connectivity index (χ2v) is 8.59. The standard InChI is InChI=1S/C19H21NO6S/c1-12-6-17-18(26-11-25-17)9-19(12)27(22,23)20-10-14(21)8-16(20)13-4-3-5-15(7-13)24-2/h3-7,9,14,16,21H,8,10-11H2,1-2H3. The number of aliphatic hydroxyl groups excluding tert-OH is 1. The third-order valence-corrected chi connectivity index (χ3v) is 6.99. The summed E-state index contributed by atoms with van der Waals surface area (Å²) in [5.41, 5.74) is 1.36. The Morgan fingerprint density at radius 2 is 1.93 bits per heavy atom. The summed E-state index contributed by atoms with van der Waals surface area (Å²) in [7, 11) is -2.28. The molecule has 2 aromatic carbocycles. The summed E-state index contributed by atoms with van der Waals surface area (Å²) < 4.78 is 44.1. The van der Waals surface area contributed by atoms with Crippen molar-refractivity contribution in [2.45, 2.75) is 30.4 Å². The van der Waals surface area contributed by atoms with Crippen LogP contribution in [0.25, 0.3) is 0 Å². The maximum Gasteiger partial charge on any atom is 0.244 e. The van der Waals surface area contributed by atoms with E-state index in [-0.39, 0.29) is 18.2 Å². The molecular weight excluding hydrogens is 370 g/mol. The van der Waals surface area contributed by atoms with E-state index < -0.39 is 22.2 Å². The molecule has 0 saturated carbocycles. The Balaban J connectivity index is 1.75. The summed E-state index contributed by atoms with van der Waals surface area (Å²) in [6.45, 7) is 1.84. The molecule has 0 aromatic heterocycles. The van der Waals surface area contributed by atoms with Gasteiger partial charge < -0.3 is 19.3 Å². The fourth-order valence-electron chi connectivity index (χ4n) is 3.63. The Hall–Kier alpha value is -2.29. The fourth-order valence-corrected chi connectivity index (χ4v) is 5.52. The third kappa shape index (κ3) is 3.13. The van der Waals surface area contributed by atoms with Crippen LogP contribution in [-0.4, -0.2) is 44.4 Å². The fraction of sp³-hybridized carbons (Fsp3) is 0.368. The van der Waals surface area contributed by atoms with Gasteiger partial charge in [-0.15, -0.1) is 0 Å². The normalized spacial score (nSPS) is 22.2. The first-order valence-corrected chi connectivity index (χ1v) is 10.1. The van der Waals surface area contributed by atoms with Crippen LogP contribution < -0.4 is 14.2 Å². The van der Waals surface area contributed by atoms with Crippen LogP contribution in [0, 0.1) is 6.92 Å². The smallest absolute Gasteiger partial charge is 0.244 e. The van der Waals surface area contributed by atoms with E-state index in [1.165, 1.54) is 10.4 Å². The van der Waals surface area contributed by atoms with Crippen LogP contribution in [-0.2, 0) is 10.0 Å². The largest absolute Gasteiger partial charge is 0.497 e. The average Bonchev–Trinajstić information content (AvgIpc) is 3.27. The van der Waals surface area contributed by atoms with E-state index in [0.29, 0.717) is 29.2 Å². The Morgan fingerprint density at radius 1 is 1.19 bits per heavy atom. The first kappa shape index (κ1) is 18.1. The third-order valence-electron chi connectivity index (χ3n) is 4.97. The Kier molecular flexibility index (Phi) is 4.49. The molecule has 8 heteroatoms. The molecule has 0 bridgehead atoms. The van der Waals surface area contributed by atoms with Crippen LogP contribution in [0.15, 0.2) is 41.3 Å². The van der Waals surface area contributed by atoms with Crippen molar-refractivity contribution in [2.24, 2.45) is 0 Å². The number of aryl methyl sites for hydroxylation is 1. The summed E-state index contributed by atoms with van der Waals surface area (Å²) in [5, 5.41) is 10.2. The number of hydrogen-bond donors (Lipinski definition) is 1. The zero-order chi connectivity index (χ0) is 19.2. The van der Waals surface area contributed by atoms with Crippen LogP contribution >= 0.6 is 0 Å². The van der Waals surface area contributed by atoms with Crippen molar-refractivity contribution in [2.75, 3.05) is 20.4 Å². The Morgan fingerprint density at radius 3 is 2.67 bits per heavy atom. The number of ether oxygens (including phenoxy) is 3. The van der Waals surface area contributed by atoms with E-state index in [4.69, 9.17) is 14.2 Å². The molecule has 1 saturated heterocycles. The summed E-state index contributed by atoms with van der Waals surface area (Å²) >= 11 is 0. The molecule has 7 nitrogen and oxygen atoms in total. The van der Waals surface area contributed by atoms with Crippen molar-refractivity contribution >= 4 is 10.0 Å². The lowest BCUT2D eigenvalue weighted by molar-refractivity contribution is 0.174. The highest BCUT2D eigenvalue weighted by Gasteiger charge is 2.41. The van der Waals surface area contributed by atoms with Crippen molar-refractivity contribution in [3.8, 4) is 17.2 Å². The summed E-state index contributed by atoms with van der Waals surface area (Å²) in [6.07, 6.45) is -0.402. The lowest BCUT2D eigenvalue weighted by Gasteiger charge is -2.25. The molecule has 2 heterocycles. The molecule has 1 fully saturated rings. The molecule has 2 atom stereocenters. The van der Waals surface area contributed by atoms with Crippen molar-refractivity contribution in [3.05, 3.63) is 47.5 Å². The number of sulfonamides is 1. The molecule has 0 aliphatic carbocycles. The van der Waals surface area contributed by atoms with E-state index in [0.717, 1.165) is 5.56 Å². The van der Waals surface area contributed by atoms with Gasteiger partial charge in [0, 0.05) is 12.6 Å². The van der Waals surface area contributed by atoms with E-state index in [2.05, 4.69) is 0 Å². The predicted octanol–water partition coefficient (Wildman–Crippen LogP) is 2.23. The first-order chi connectivity index (χ1) is 12.9. The van der Waals surface area contributed by atoms with E-state index in [1.54, 1.807) is 32.2 Å². The SMILES string of the molecule is COc1cccc(C2CC(O)CN2S(=O)(=O)c2cc3c(cc2C)OCO3)c1. The minimum atomic E-state index is -3.84. The number of fused-ring (bicyclic) bond motifs is 1. The van der Waals surface area contributed by atoms with Gasteiger partial charge in [0.05, 0.1) is 24.2 Å². The first-order valence-electron chi connectivity index (χ1n) is 8.64. The van der Waals surface area contributed by atoms with Gasteiger partial charge in [-0.1, -0.05) is 12.1 Å². The van der Waals surface area contributed by atoms with Crippen LogP contribution in [0.1, 0.15) is 23.6 Å². The molecule has 0 amide bonds. The lowest BCUT2D eigenvalue weighted by atomic mass is 10.0. The summed E-state index contributed by atoms with van der Waals surface area (Å²) in [6, 6.07) is 9.97. The molecule has 27 heavy (non-hydrogen) atoms. The van der Waals surface area contributed by atoms with Crippen molar-refractivity contribution in [3.63, 3.8) is 0 Å². The maximum atomic E-state index is 13.4. The maximum absolute atomic E-state index is 13.4. The number of rotatable bonds is 4. The molecule has 0 radical (unpaired) electrons. The molecule has 1 N–H and O–H groups in total. The number of aliphatic hydroxyl groups is 1. The van der Waals surface area contributed by atoms with Gasteiger partial charge in [-0.25, -0.2) is 8.42 Å². The average molecular weight is 391 g/mol. The van der Waals surface area contributed by atoms with Crippen LogP contribution in [0.3, 0.4) is 0 Å². The van der Waals surface area contributed by atoms with E-state index in [9.17, 15) is 13.5 Å². The second kappa shape index (κ2) is 6.70. The van der Waals surface area contributed by atoms with E-state index in [1.807, 2.05) is 12.1 Å². The number of hydrogen-bond acceptors (Lipinski definition) is 6. The Labute approximate surface area is 158 Å². The zero-order valence-electron chi connectivity index (χ0n) is 15.1. The molecule has 0 spiro atoms. The van der Waals surface area contributed by atoms with Gasteiger partial charge in [-0.3, -0.25) is 0 Å². The van der Waals surface area contributed by atoms with Gasteiger partial charge in [0.15, 0.2) is 11.5 Å². The summed E-state index contributed by atoms with van der Waals surface area (Å²) in [5.74, 6) is 1.60. The van der Waals surface area contributed by atoms with Crippen LogP contribution in [0.5, 0.6) is 17.2 Å². The number of methoxy groups -OCH3 is 1. The van der Waals surface area contributed by atoms with Crippen molar-refractivity contribution in [1.82, 2.24) is 4.31 Å². The van der Waals surface area contributed by atoms with Gasteiger partial charge in [-0.05, 0) is 42.7 Å². The van der Waals surface area contributed by atoms with Crippen LogP contribution in [0.4, 0.5) is 0 Å². The monoisotopic (exact) mass is 391 g/mol. The van der Waals surface area contributed by atoms with E-state index >= 15 is 0 Å². The van der Waals surface area contributed by atoms with Gasteiger partial charge in [-0.2, -0.15) is 4.31 Å². The van der Waals surface area contributed by atoms with Crippen LogP contribution in [0.2, 0.25) is 0 Å². The Bertz CT molecular complexity index is 974. The molecule has 2 aliphatic heterocycles. The summed E-state index contributed by atoms with van der Waals surface area (Å²) in [4.78, 5) is 0.161. The highest BCUT2D eigenvalue weighted by molar-refractivity contribution is 7.89. The highest BCUT2D eigenvalue weighted by Crippen LogP contribution is 2.41. The molecular formula is C19H21NO6S. The van der Waals surface area contributed by atoms with Gasteiger partial charge in [0.1, 0.15) is 5.75 Å². The molecule has 4 rings (SSSR count). The van der Waals surface area contributed by atoms with Gasteiger partial charge in [0.2, 0.25) is 16.8 Å². The zero-order valence-corrected chi connectivity index (χ0v) is 15.9. The molecule has 2 aliphatic rings.